The van der Waals surface area contributed by atoms with E-state index < -0.39 is 0 Å². The van der Waals surface area contributed by atoms with Gasteiger partial charge in [0.15, 0.2) is 11.5 Å². The quantitative estimate of drug-likeness (QED) is 0.592. The number of carbonyl (C=O) groups is 1. The lowest BCUT2D eigenvalue weighted by molar-refractivity contribution is 0.0953. The monoisotopic (exact) mass is 394 g/mol. The van der Waals surface area contributed by atoms with Crippen LogP contribution in [0.2, 0.25) is 0 Å². The molecule has 150 valence electrons. The number of ether oxygens (including phenoxy) is 2. The van der Waals surface area contributed by atoms with Crippen molar-refractivity contribution in [2.24, 2.45) is 0 Å². The van der Waals surface area contributed by atoms with Gasteiger partial charge in [0.05, 0.1) is 6.61 Å². The number of rotatable bonds is 9. The maximum Gasteiger partial charge on any atom is 0.251 e. The third-order valence-corrected chi connectivity index (χ3v) is 4.26. The summed E-state index contributed by atoms with van der Waals surface area (Å²) < 4.78 is 25.1. The summed E-state index contributed by atoms with van der Waals surface area (Å²) in [5, 5.41) is 2.81. The SMILES string of the molecule is CCOc1cc(C(=O)NCCc2ccccc2F)ccc1OCc1cccnc1. The Bertz CT molecular complexity index is 948. The third kappa shape index (κ3) is 5.78. The second kappa shape index (κ2) is 10.2. The molecular weight excluding hydrogens is 371 g/mol. The maximum absolute atomic E-state index is 13.7. The van der Waals surface area contributed by atoms with E-state index in [0.29, 0.717) is 48.8 Å². The summed E-state index contributed by atoms with van der Waals surface area (Å²) >= 11 is 0. The van der Waals surface area contributed by atoms with Crippen molar-refractivity contribution in [1.29, 1.82) is 0 Å². The highest BCUT2D eigenvalue weighted by Crippen LogP contribution is 2.29. The van der Waals surface area contributed by atoms with Crippen LogP contribution < -0.4 is 14.8 Å². The minimum atomic E-state index is -0.268. The van der Waals surface area contributed by atoms with Crippen molar-refractivity contribution < 1.29 is 18.7 Å². The van der Waals surface area contributed by atoms with Crippen LogP contribution in [-0.2, 0) is 13.0 Å². The van der Waals surface area contributed by atoms with Gasteiger partial charge in [0.1, 0.15) is 12.4 Å². The molecule has 3 rings (SSSR count). The van der Waals surface area contributed by atoms with Crippen LogP contribution in [0.5, 0.6) is 11.5 Å². The molecule has 0 unspecified atom stereocenters. The Balaban J connectivity index is 1.62. The molecule has 1 amide bonds. The molecule has 0 aliphatic carbocycles. The molecule has 29 heavy (non-hydrogen) atoms. The molecule has 0 aliphatic heterocycles. The van der Waals surface area contributed by atoms with E-state index in [9.17, 15) is 9.18 Å². The number of hydrogen-bond acceptors (Lipinski definition) is 4. The number of nitrogens with zero attached hydrogens (tertiary/aromatic N) is 1. The number of carbonyl (C=O) groups excluding carboxylic acids is 1. The van der Waals surface area contributed by atoms with Crippen LogP contribution in [0.15, 0.2) is 67.0 Å². The van der Waals surface area contributed by atoms with Gasteiger partial charge in [-0.25, -0.2) is 4.39 Å². The van der Waals surface area contributed by atoms with E-state index >= 15 is 0 Å². The number of pyridine rings is 1. The first kappa shape index (κ1) is 20.3. The Morgan fingerprint density at radius 2 is 1.93 bits per heavy atom. The number of halogens is 1. The topological polar surface area (TPSA) is 60.5 Å². The molecule has 3 aromatic rings. The van der Waals surface area contributed by atoms with Crippen LogP contribution in [0.25, 0.3) is 0 Å². The predicted octanol–water partition coefficient (Wildman–Crippen LogP) is 4.17. The summed E-state index contributed by atoms with van der Waals surface area (Å²) in [6.45, 7) is 3.00. The van der Waals surface area contributed by atoms with Crippen LogP contribution in [-0.4, -0.2) is 24.0 Å². The first-order valence-corrected chi connectivity index (χ1v) is 9.47. The highest BCUT2D eigenvalue weighted by molar-refractivity contribution is 5.94. The summed E-state index contributed by atoms with van der Waals surface area (Å²) in [5.41, 5.74) is 1.96. The molecule has 0 saturated heterocycles. The van der Waals surface area contributed by atoms with Gasteiger partial charge in [-0.3, -0.25) is 9.78 Å². The average Bonchev–Trinajstić information content (AvgIpc) is 2.75. The fourth-order valence-electron chi connectivity index (χ4n) is 2.80. The summed E-state index contributed by atoms with van der Waals surface area (Å²) in [7, 11) is 0. The van der Waals surface area contributed by atoms with Crippen LogP contribution in [0.4, 0.5) is 4.39 Å². The molecule has 0 aliphatic rings. The molecule has 0 radical (unpaired) electrons. The molecule has 5 nitrogen and oxygen atoms in total. The zero-order chi connectivity index (χ0) is 20.5. The fraction of sp³-hybridized carbons (Fsp3) is 0.217. The van der Waals surface area contributed by atoms with Crippen molar-refractivity contribution in [3.05, 3.63) is 89.5 Å². The first-order valence-electron chi connectivity index (χ1n) is 9.47. The number of aromatic nitrogens is 1. The second-order valence-electron chi connectivity index (χ2n) is 6.34. The van der Waals surface area contributed by atoms with Gasteiger partial charge in [-0.05, 0) is 49.2 Å². The Kier molecular flexibility index (Phi) is 7.16. The van der Waals surface area contributed by atoms with Gasteiger partial charge < -0.3 is 14.8 Å². The Labute approximate surface area is 169 Å². The molecule has 1 aromatic heterocycles. The highest BCUT2D eigenvalue weighted by atomic mass is 19.1. The summed E-state index contributed by atoms with van der Waals surface area (Å²) in [4.78, 5) is 16.5. The lowest BCUT2D eigenvalue weighted by atomic mass is 10.1. The summed E-state index contributed by atoms with van der Waals surface area (Å²) in [6, 6.07) is 15.4. The van der Waals surface area contributed by atoms with Crippen molar-refractivity contribution in [3.8, 4) is 11.5 Å². The van der Waals surface area contributed by atoms with Gasteiger partial charge in [-0.15, -0.1) is 0 Å². The Hall–Kier alpha value is -3.41. The van der Waals surface area contributed by atoms with Crippen LogP contribution in [0.3, 0.4) is 0 Å². The molecule has 1 N–H and O–H groups in total. The molecule has 2 aromatic carbocycles. The van der Waals surface area contributed by atoms with Gasteiger partial charge >= 0.3 is 0 Å². The van der Waals surface area contributed by atoms with Crippen LogP contribution >= 0.6 is 0 Å². The van der Waals surface area contributed by atoms with E-state index in [4.69, 9.17) is 9.47 Å². The lowest BCUT2D eigenvalue weighted by Gasteiger charge is -2.13. The average molecular weight is 394 g/mol. The van der Waals surface area contributed by atoms with Crippen molar-refractivity contribution in [2.75, 3.05) is 13.2 Å². The molecular formula is C23H23FN2O3. The van der Waals surface area contributed by atoms with E-state index in [1.165, 1.54) is 6.07 Å². The molecule has 0 spiro atoms. The normalized spacial score (nSPS) is 10.4. The van der Waals surface area contributed by atoms with E-state index in [0.717, 1.165) is 5.56 Å². The van der Waals surface area contributed by atoms with Crippen LogP contribution in [0, 0.1) is 5.82 Å². The van der Waals surface area contributed by atoms with Crippen molar-refractivity contribution in [1.82, 2.24) is 10.3 Å². The van der Waals surface area contributed by atoms with Gasteiger partial charge in [0, 0.05) is 30.1 Å². The summed E-state index contributed by atoms with van der Waals surface area (Å²) in [6.07, 6.45) is 3.86. The van der Waals surface area contributed by atoms with Gasteiger partial charge in [-0.1, -0.05) is 24.3 Å². The number of amides is 1. The fourth-order valence-corrected chi connectivity index (χ4v) is 2.80. The van der Waals surface area contributed by atoms with Crippen molar-refractivity contribution in [3.63, 3.8) is 0 Å². The van der Waals surface area contributed by atoms with Gasteiger partial charge in [0.2, 0.25) is 0 Å². The number of nitrogens with one attached hydrogen (secondary N) is 1. The first-order chi connectivity index (χ1) is 14.2. The molecule has 1 heterocycles. The molecule has 0 saturated carbocycles. The molecule has 0 bridgehead atoms. The van der Waals surface area contributed by atoms with Crippen molar-refractivity contribution >= 4 is 5.91 Å². The zero-order valence-electron chi connectivity index (χ0n) is 16.2. The smallest absolute Gasteiger partial charge is 0.251 e. The minimum Gasteiger partial charge on any atom is -0.490 e. The highest BCUT2D eigenvalue weighted by Gasteiger charge is 2.12. The second-order valence-corrected chi connectivity index (χ2v) is 6.34. The van der Waals surface area contributed by atoms with E-state index in [2.05, 4.69) is 10.3 Å². The van der Waals surface area contributed by atoms with Crippen LogP contribution in [0.1, 0.15) is 28.4 Å². The van der Waals surface area contributed by atoms with Gasteiger partial charge in [0.25, 0.3) is 5.91 Å². The minimum absolute atomic E-state index is 0.249. The van der Waals surface area contributed by atoms with Crippen molar-refractivity contribution in [2.45, 2.75) is 20.0 Å². The third-order valence-electron chi connectivity index (χ3n) is 4.26. The largest absolute Gasteiger partial charge is 0.490 e. The Morgan fingerprint density at radius 3 is 2.69 bits per heavy atom. The standard InChI is InChI=1S/C23H23FN2O3/c1-2-28-22-14-19(9-10-21(22)29-16-17-6-5-12-25-15-17)23(27)26-13-11-18-7-3-4-8-20(18)24/h3-10,12,14-15H,2,11,13,16H2,1H3,(H,26,27). The number of hydrogen-bond donors (Lipinski definition) is 1. The summed E-state index contributed by atoms with van der Waals surface area (Å²) in [5.74, 6) is 0.536. The number of benzene rings is 2. The predicted molar refractivity (Wildman–Crippen MR) is 109 cm³/mol. The van der Waals surface area contributed by atoms with E-state index in [1.54, 1.807) is 48.8 Å². The molecule has 6 heteroatoms. The zero-order valence-corrected chi connectivity index (χ0v) is 16.2. The Morgan fingerprint density at radius 1 is 1.07 bits per heavy atom. The molecule has 0 atom stereocenters. The lowest BCUT2D eigenvalue weighted by Crippen LogP contribution is -2.26. The van der Waals surface area contributed by atoms with Gasteiger partial charge in [-0.2, -0.15) is 0 Å². The maximum atomic E-state index is 13.7. The van der Waals surface area contributed by atoms with E-state index in [-0.39, 0.29) is 11.7 Å². The molecule has 0 fully saturated rings. The van der Waals surface area contributed by atoms with E-state index in [1.807, 2.05) is 19.1 Å².